The molecule has 2 aliphatic heterocycles. The summed E-state index contributed by atoms with van der Waals surface area (Å²) in [7, 11) is 0. The molecule has 2 aromatic carbocycles. The SMILES string of the molecule is CC.CC.Cc1ccc(C)c2c1C1CCC2N1c1ccccc1. The summed E-state index contributed by atoms with van der Waals surface area (Å²) in [4.78, 5) is 2.64. The molecule has 0 aliphatic carbocycles. The van der Waals surface area contributed by atoms with Gasteiger partial charge in [0, 0.05) is 5.69 Å². The molecule has 0 saturated carbocycles. The van der Waals surface area contributed by atoms with Crippen molar-refractivity contribution in [1.29, 1.82) is 0 Å². The Morgan fingerprint density at radius 1 is 0.696 bits per heavy atom. The van der Waals surface area contributed by atoms with E-state index in [9.17, 15) is 0 Å². The highest BCUT2D eigenvalue weighted by Gasteiger charge is 2.45. The molecule has 2 aromatic rings. The quantitative estimate of drug-likeness (QED) is 0.563. The van der Waals surface area contributed by atoms with Crippen molar-refractivity contribution in [2.75, 3.05) is 4.90 Å². The third-order valence-corrected chi connectivity index (χ3v) is 4.83. The van der Waals surface area contributed by atoms with Crippen LogP contribution in [0.1, 0.15) is 74.9 Å². The van der Waals surface area contributed by atoms with Gasteiger partial charge in [-0.2, -0.15) is 0 Å². The zero-order valence-electron chi connectivity index (χ0n) is 15.6. The summed E-state index contributed by atoms with van der Waals surface area (Å²) < 4.78 is 0. The molecule has 2 atom stereocenters. The molecule has 0 N–H and O–H groups in total. The van der Waals surface area contributed by atoms with E-state index in [1.165, 1.54) is 29.7 Å². The van der Waals surface area contributed by atoms with Crippen molar-refractivity contribution in [2.45, 2.75) is 66.5 Å². The van der Waals surface area contributed by atoms with E-state index in [-0.39, 0.29) is 0 Å². The number of anilines is 1. The van der Waals surface area contributed by atoms with Crippen LogP contribution in [0.5, 0.6) is 0 Å². The number of hydrogen-bond acceptors (Lipinski definition) is 1. The van der Waals surface area contributed by atoms with Gasteiger partial charge in [0.1, 0.15) is 0 Å². The molecule has 0 radical (unpaired) electrons. The third kappa shape index (κ3) is 2.89. The Kier molecular flexibility index (Phi) is 5.87. The zero-order valence-corrected chi connectivity index (χ0v) is 15.6. The predicted octanol–water partition coefficient (Wildman–Crippen LogP) is 6.75. The van der Waals surface area contributed by atoms with Gasteiger partial charge in [0.15, 0.2) is 0 Å². The Morgan fingerprint density at radius 3 is 1.57 bits per heavy atom. The lowest BCUT2D eigenvalue weighted by atomic mass is 9.86. The Labute approximate surface area is 142 Å². The first kappa shape index (κ1) is 17.6. The van der Waals surface area contributed by atoms with Gasteiger partial charge in [-0.1, -0.05) is 58.0 Å². The summed E-state index contributed by atoms with van der Waals surface area (Å²) in [6.07, 6.45) is 2.60. The largest absolute Gasteiger partial charge is 0.357 e. The average Bonchev–Trinajstić information content (AvgIpc) is 3.19. The minimum atomic E-state index is 0.599. The Hall–Kier alpha value is -1.76. The first-order valence-electron chi connectivity index (χ1n) is 9.21. The van der Waals surface area contributed by atoms with Crippen molar-refractivity contribution in [3.05, 3.63) is 64.7 Å². The highest BCUT2D eigenvalue weighted by molar-refractivity contribution is 5.62. The molecule has 2 unspecified atom stereocenters. The molecular weight excluding hydrogens is 278 g/mol. The maximum atomic E-state index is 2.64. The summed E-state index contributed by atoms with van der Waals surface area (Å²) in [6, 6.07) is 16.7. The van der Waals surface area contributed by atoms with Gasteiger partial charge in [-0.25, -0.2) is 0 Å². The highest BCUT2D eigenvalue weighted by atomic mass is 15.2. The average molecular weight is 309 g/mol. The molecule has 2 bridgehead atoms. The number of fused-ring (bicyclic) bond motifs is 5. The molecule has 2 heterocycles. The molecule has 4 rings (SSSR count). The van der Waals surface area contributed by atoms with Crippen LogP contribution in [-0.4, -0.2) is 0 Å². The molecule has 0 aromatic heterocycles. The fraction of sp³-hybridized carbons (Fsp3) is 0.455. The van der Waals surface area contributed by atoms with Gasteiger partial charge < -0.3 is 4.90 Å². The minimum Gasteiger partial charge on any atom is -0.357 e. The maximum Gasteiger partial charge on any atom is 0.0555 e. The lowest BCUT2D eigenvalue weighted by Crippen LogP contribution is -2.18. The topological polar surface area (TPSA) is 3.24 Å². The maximum absolute atomic E-state index is 2.64. The summed E-state index contributed by atoms with van der Waals surface area (Å²) >= 11 is 0. The fourth-order valence-corrected chi connectivity index (χ4v) is 4.08. The molecular formula is C22H31N. The highest BCUT2D eigenvalue weighted by Crippen LogP contribution is 2.56. The van der Waals surface area contributed by atoms with Crippen LogP contribution in [0.4, 0.5) is 5.69 Å². The van der Waals surface area contributed by atoms with E-state index in [0.29, 0.717) is 12.1 Å². The number of nitrogens with zero attached hydrogens (tertiary/aromatic N) is 1. The van der Waals surface area contributed by atoms with Crippen molar-refractivity contribution in [2.24, 2.45) is 0 Å². The second-order valence-electron chi connectivity index (χ2n) is 5.88. The fourth-order valence-electron chi connectivity index (χ4n) is 4.08. The van der Waals surface area contributed by atoms with Crippen LogP contribution in [0.2, 0.25) is 0 Å². The van der Waals surface area contributed by atoms with Crippen molar-refractivity contribution in [3.63, 3.8) is 0 Å². The number of aryl methyl sites for hydroxylation is 2. The van der Waals surface area contributed by atoms with Crippen molar-refractivity contribution < 1.29 is 0 Å². The summed E-state index contributed by atoms with van der Waals surface area (Å²) in [5.41, 5.74) is 7.53. The molecule has 1 nitrogen and oxygen atoms in total. The number of hydrogen-bond donors (Lipinski definition) is 0. The first-order chi connectivity index (χ1) is 11.3. The lowest BCUT2D eigenvalue weighted by molar-refractivity contribution is 0.710. The summed E-state index contributed by atoms with van der Waals surface area (Å²) in [6.45, 7) is 12.5. The van der Waals surface area contributed by atoms with Gasteiger partial charge in [0.25, 0.3) is 0 Å². The second kappa shape index (κ2) is 7.68. The molecule has 1 heteroatoms. The summed E-state index contributed by atoms with van der Waals surface area (Å²) in [5.74, 6) is 0. The monoisotopic (exact) mass is 309 g/mol. The van der Waals surface area contributed by atoms with Crippen LogP contribution in [0, 0.1) is 13.8 Å². The van der Waals surface area contributed by atoms with E-state index >= 15 is 0 Å². The standard InChI is InChI=1S/C18H19N.2C2H6/c1-12-8-9-13(2)18-16-11-10-15(17(12)18)19(16)14-6-4-3-5-7-14;2*1-2/h3-9,15-16H,10-11H2,1-2H3;2*1-2H3. The third-order valence-electron chi connectivity index (χ3n) is 4.83. The number of rotatable bonds is 1. The zero-order chi connectivity index (χ0) is 17.0. The van der Waals surface area contributed by atoms with Gasteiger partial charge in [0.2, 0.25) is 0 Å². The number of para-hydroxylation sites is 1. The van der Waals surface area contributed by atoms with E-state index in [2.05, 4.69) is 61.2 Å². The number of benzene rings is 2. The molecule has 124 valence electrons. The van der Waals surface area contributed by atoms with Crippen LogP contribution >= 0.6 is 0 Å². The minimum absolute atomic E-state index is 0.599. The van der Waals surface area contributed by atoms with E-state index in [1.54, 1.807) is 11.1 Å². The second-order valence-corrected chi connectivity index (χ2v) is 5.88. The van der Waals surface area contributed by atoms with Gasteiger partial charge in [-0.05, 0) is 61.1 Å². The van der Waals surface area contributed by atoms with Crippen LogP contribution < -0.4 is 4.90 Å². The van der Waals surface area contributed by atoms with Crippen molar-refractivity contribution >= 4 is 5.69 Å². The Balaban J connectivity index is 0.000000448. The van der Waals surface area contributed by atoms with Gasteiger partial charge in [-0.3, -0.25) is 0 Å². The first-order valence-corrected chi connectivity index (χ1v) is 9.21. The van der Waals surface area contributed by atoms with E-state index < -0.39 is 0 Å². The van der Waals surface area contributed by atoms with Gasteiger partial charge >= 0.3 is 0 Å². The molecule has 2 aliphatic rings. The molecule has 1 saturated heterocycles. The molecule has 1 fully saturated rings. The summed E-state index contributed by atoms with van der Waals surface area (Å²) in [5, 5.41) is 0. The normalized spacial score (nSPS) is 20.2. The van der Waals surface area contributed by atoms with Crippen LogP contribution in [0.15, 0.2) is 42.5 Å². The van der Waals surface area contributed by atoms with Crippen LogP contribution in [0.3, 0.4) is 0 Å². The van der Waals surface area contributed by atoms with Crippen molar-refractivity contribution in [3.8, 4) is 0 Å². The lowest BCUT2D eigenvalue weighted by Gasteiger charge is -2.25. The molecule has 0 spiro atoms. The van der Waals surface area contributed by atoms with Crippen molar-refractivity contribution in [1.82, 2.24) is 0 Å². The smallest absolute Gasteiger partial charge is 0.0555 e. The Morgan fingerprint density at radius 2 is 1.13 bits per heavy atom. The van der Waals surface area contributed by atoms with E-state index in [0.717, 1.165) is 0 Å². The Bertz CT molecular complexity index is 593. The predicted molar refractivity (Wildman–Crippen MR) is 102 cm³/mol. The van der Waals surface area contributed by atoms with E-state index in [1.807, 2.05) is 27.7 Å². The van der Waals surface area contributed by atoms with Gasteiger partial charge in [0.05, 0.1) is 12.1 Å². The van der Waals surface area contributed by atoms with Gasteiger partial charge in [-0.15, -0.1) is 0 Å². The van der Waals surface area contributed by atoms with Crippen LogP contribution in [0.25, 0.3) is 0 Å². The molecule has 0 amide bonds. The molecule has 23 heavy (non-hydrogen) atoms. The van der Waals surface area contributed by atoms with E-state index in [4.69, 9.17) is 0 Å². The van der Waals surface area contributed by atoms with Crippen LogP contribution in [-0.2, 0) is 0 Å².